The first kappa shape index (κ1) is 14.3. The third-order valence-electron chi connectivity index (χ3n) is 2.66. The minimum Gasteiger partial charge on any atom is -0.496 e. The van der Waals surface area contributed by atoms with Crippen LogP contribution in [0.15, 0.2) is 44.5 Å². The van der Waals surface area contributed by atoms with Crippen molar-refractivity contribution in [1.29, 1.82) is 0 Å². The van der Waals surface area contributed by atoms with E-state index in [1.54, 1.807) is 20.1 Å². The van der Waals surface area contributed by atoms with Gasteiger partial charge in [0.05, 0.1) is 25.2 Å². The predicted molar refractivity (Wildman–Crippen MR) is 79.2 cm³/mol. The van der Waals surface area contributed by atoms with Crippen LogP contribution in [0.1, 0.15) is 21.7 Å². The maximum Gasteiger partial charge on any atom is 0.274 e. The van der Waals surface area contributed by atoms with E-state index in [1.165, 1.54) is 12.5 Å². The van der Waals surface area contributed by atoms with Gasteiger partial charge in [0.15, 0.2) is 0 Å². The number of hydrogen-bond donors (Lipinski definition) is 1. The van der Waals surface area contributed by atoms with Gasteiger partial charge < -0.3 is 9.15 Å². The van der Waals surface area contributed by atoms with E-state index >= 15 is 0 Å². The summed E-state index contributed by atoms with van der Waals surface area (Å²) in [5, 5.41) is 3.92. The number of nitrogens with zero attached hydrogens (tertiary/aromatic N) is 1. The lowest BCUT2D eigenvalue weighted by atomic mass is 10.2. The maximum absolute atomic E-state index is 11.8. The molecule has 20 heavy (non-hydrogen) atoms. The van der Waals surface area contributed by atoms with Gasteiger partial charge in [-0.05, 0) is 31.2 Å². The average Bonchev–Trinajstić information content (AvgIpc) is 2.85. The number of rotatable bonds is 4. The summed E-state index contributed by atoms with van der Waals surface area (Å²) in [5.41, 5.74) is 3.66. The summed E-state index contributed by atoms with van der Waals surface area (Å²) < 4.78 is 11.2. The summed E-state index contributed by atoms with van der Waals surface area (Å²) in [6, 6.07) is 7.12. The van der Waals surface area contributed by atoms with Crippen molar-refractivity contribution in [3.05, 3.63) is 51.9 Å². The van der Waals surface area contributed by atoms with E-state index in [2.05, 4.69) is 26.5 Å². The van der Waals surface area contributed by atoms with Gasteiger partial charge in [0.2, 0.25) is 0 Å². The second kappa shape index (κ2) is 6.38. The molecule has 0 bridgehead atoms. The van der Waals surface area contributed by atoms with Gasteiger partial charge in [-0.2, -0.15) is 5.10 Å². The molecule has 0 aliphatic rings. The molecule has 1 aromatic heterocycles. The highest BCUT2D eigenvalue weighted by Gasteiger charge is 2.10. The van der Waals surface area contributed by atoms with Crippen LogP contribution in [-0.4, -0.2) is 19.2 Å². The number of carbonyl (C=O) groups excluding carboxylic acids is 1. The van der Waals surface area contributed by atoms with Gasteiger partial charge in [-0.1, -0.05) is 15.9 Å². The number of ether oxygens (including phenoxy) is 1. The topological polar surface area (TPSA) is 63.8 Å². The fourth-order valence-corrected chi connectivity index (χ4v) is 2.03. The Morgan fingerprint density at radius 3 is 2.90 bits per heavy atom. The minimum absolute atomic E-state index is 0.318. The molecule has 1 amide bonds. The Morgan fingerprint density at radius 2 is 2.25 bits per heavy atom. The van der Waals surface area contributed by atoms with E-state index in [0.717, 1.165) is 10.0 Å². The highest BCUT2D eigenvalue weighted by molar-refractivity contribution is 9.10. The van der Waals surface area contributed by atoms with Crippen LogP contribution in [0.2, 0.25) is 0 Å². The maximum atomic E-state index is 11.8. The molecule has 104 valence electrons. The van der Waals surface area contributed by atoms with E-state index in [0.29, 0.717) is 17.1 Å². The van der Waals surface area contributed by atoms with Crippen LogP contribution in [-0.2, 0) is 0 Å². The number of hydrogen-bond acceptors (Lipinski definition) is 4. The molecule has 0 atom stereocenters. The van der Waals surface area contributed by atoms with E-state index in [9.17, 15) is 4.79 Å². The zero-order valence-electron chi connectivity index (χ0n) is 11.0. The second-order valence-corrected chi connectivity index (χ2v) is 4.89. The number of benzene rings is 1. The van der Waals surface area contributed by atoms with E-state index in [1.807, 2.05) is 18.2 Å². The third kappa shape index (κ3) is 3.27. The Kier molecular flexibility index (Phi) is 4.57. The number of nitrogens with one attached hydrogen (secondary N) is 1. The lowest BCUT2D eigenvalue weighted by molar-refractivity contribution is 0.0953. The normalized spacial score (nSPS) is 10.8. The number of amides is 1. The van der Waals surface area contributed by atoms with Crippen molar-refractivity contribution in [2.24, 2.45) is 5.10 Å². The number of halogens is 1. The summed E-state index contributed by atoms with van der Waals surface area (Å²) >= 11 is 3.37. The molecule has 0 aliphatic carbocycles. The standard InChI is InChI=1S/C14H13BrN2O3/c1-9-12(5-6-20-9)14(18)17-16-8-10-7-11(15)3-4-13(10)19-2/h3-8H,1-2H3,(H,17,18)/b16-8-. The summed E-state index contributed by atoms with van der Waals surface area (Å²) in [6.07, 6.45) is 2.99. The quantitative estimate of drug-likeness (QED) is 0.689. The van der Waals surface area contributed by atoms with E-state index in [-0.39, 0.29) is 5.91 Å². The summed E-state index contributed by atoms with van der Waals surface area (Å²) in [5.74, 6) is 0.907. The Balaban J connectivity index is 2.09. The van der Waals surface area contributed by atoms with Crippen LogP contribution < -0.4 is 10.2 Å². The molecule has 0 radical (unpaired) electrons. The van der Waals surface area contributed by atoms with Crippen molar-refractivity contribution in [1.82, 2.24) is 5.43 Å². The predicted octanol–water partition coefficient (Wildman–Crippen LogP) is 3.12. The number of furan rings is 1. The van der Waals surface area contributed by atoms with Gasteiger partial charge in [0.1, 0.15) is 11.5 Å². The number of carbonyl (C=O) groups is 1. The monoisotopic (exact) mass is 336 g/mol. The first-order chi connectivity index (χ1) is 9.61. The van der Waals surface area contributed by atoms with Gasteiger partial charge in [0.25, 0.3) is 5.91 Å². The van der Waals surface area contributed by atoms with Crippen LogP contribution in [0.3, 0.4) is 0 Å². The largest absolute Gasteiger partial charge is 0.496 e. The molecule has 1 aromatic carbocycles. The van der Waals surface area contributed by atoms with Crippen LogP contribution >= 0.6 is 15.9 Å². The van der Waals surface area contributed by atoms with E-state index < -0.39 is 0 Å². The summed E-state index contributed by atoms with van der Waals surface area (Å²) in [6.45, 7) is 1.72. The highest BCUT2D eigenvalue weighted by Crippen LogP contribution is 2.21. The van der Waals surface area contributed by atoms with Crippen LogP contribution in [0, 0.1) is 6.92 Å². The molecule has 0 unspecified atom stereocenters. The van der Waals surface area contributed by atoms with Crippen molar-refractivity contribution in [2.75, 3.05) is 7.11 Å². The average molecular weight is 337 g/mol. The van der Waals surface area contributed by atoms with Crippen molar-refractivity contribution in [3.63, 3.8) is 0 Å². The molecule has 0 aliphatic heterocycles. The lowest BCUT2D eigenvalue weighted by Gasteiger charge is -2.04. The molecule has 0 saturated carbocycles. The fraction of sp³-hybridized carbons (Fsp3) is 0.143. The van der Waals surface area contributed by atoms with Crippen molar-refractivity contribution in [3.8, 4) is 5.75 Å². The van der Waals surface area contributed by atoms with Crippen molar-refractivity contribution < 1.29 is 13.9 Å². The number of methoxy groups -OCH3 is 1. The Labute approximate surface area is 124 Å². The van der Waals surface area contributed by atoms with Crippen LogP contribution in [0.4, 0.5) is 0 Å². The van der Waals surface area contributed by atoms with Gasteiger partial charge in [-0.15, -0.1) is 0 Å². The number of aryl methyl sites for hydroxylation is 1. The molecule has 2 aromatic rings. The van der Waals surface area contributed by atoms with Crippen molar-refractivity contribution in [2.45, 2.75) is 6.92 Å². The SMILES string of the molecule is COc1ccc(Br)cc1/C=N\NC(=O)c1ccoc1C. The lowest BCUT2D eigenvalue weighted by Crippen LogP contribution is -2.17. The molecule has 0 saturated heterocycles. The highest BCUT2D eigenvalue weighted by atomic mass is 79.9. The number of hydrazone groups is 1. The molecule has 0 spiro atoms. The third-order valence-corrected chi connectivity index (χ3v) is 3.16. The van der Waals surface area contributed by atoms with Gasteiger partial charge in [0, 0.05) is 10.0 Å². The fourth-order valence-electron chi connectivity index (χ4n) is 1.65. The van der Waals surface area contributed by atoms with Crippen molar-refractivity contribution >= 4 is 28.1 Å². The Bertz CT molecular complexity index is 650. The van der Waals surface area contributed by atoms with Gasteiger partial charge >= 0.3 is 0 Å². The molecule has 1 heterocycles. The Hall–Kier alpha value is -2.08. The molecular formula is C14H13BrN2O3. The molecule has 0 fully saturated rings. The molecule has 2 rings (SSSR count). The first-order valence-electron chi connectivity index (χ1n) is 5.83. The molecule has 5 nitrogen and oxygen atoms in total. The summed E-state index contributed by atoms with van der Waals surface area (Å²) in [7, 11) is 1.58. The zero-order valence-corrected chi connectivity index (χ0v) is 12.6. The molecular weight excluding hydrogens is 324 g/mol. The smallest absolute Gasteiger partial charge is 0.274 e. The van der Waals surface area contributed by atoms with Crippen LogP contribution in [0.25, 0.3) is 0 Å². The van der Waals surface area contributed by atoms with Gasteiger partial charge in [-0.25, -0.2) is 5.43 Å². The Morgan fingerprint density at radius 1 is 1.45 bits per heavy atom. The van der Waals surface area contributed by atoms with Gasteiger partial charge in [-0.3, -0.25) is 4.79 Å². The molecule has 1 N–H and O–H groups in total. The second-order valence-electron chi connectivity index (χ2n) is 3.98. The van der Waals surface area contributed by atoms with Crippen LogP contribution in [0.5, 0.6) is 5.75 Å². The minimum atomic E-state index is -0.318. The first-order valence-corrected chi connectivity index (χ1v) is 6.62. The zero-order chi connectivity index (χ0) is 14.5. The molecule has 6 heteroatoms. The summed E-state index contributed by atoms with van der Waals surface area (Å²) in [4.78, 5) is 11.8. The van der Waals surface area contributed by atoms with E-state index in [4.69, 9.17) is 9.15 Å².